The van der Waals surface area contributed by atoms with Crippen LogP contribution < -0.4 is 21.1 Å². The summed E-state index contributed by atoms with van der Waals surface area (Å²) in [5, 5.41) is 6.11. The lowest BCUT2D eigenvalue weighted by Gasteiger charge is -2.12. The van der Waals surface area contributed by atoms with Crippen molar-refractivity contribution in [3.8, 4) is 5.75 Å². The van der Waals surface area contributed by atoms with Gasteiger partial charge in [-0.1, -0.05) is 6.07 Å². The van der Waals surface area contributed by atoms with Gasteiger partial charge in [0.1, 0.15) is 11.6 Å². The van der Waals surface area contributed by atoms with Crippen LogP contribution in [-0.4, -0.2) is 21.6 Å². The molecule has 4 aromatic rings. The SMILES string of the molecule is Cc1cnc(Nc2cccc(OC(F)F)c2)nc1Nc1ccc2oc(=O)[nH]c2c1. The van der Waals surface area contributed by atoms with Gasteiger partial charge in [0.05, 0.1) is 5.52 Å². The van der Waals surface area contributed by atoms with Crippen molar-refractivity contribution in [2.24, 2.45) is 0 Å². The zero-order valence-corrected chi connectivity index (χ0v) is 15.1. The Balaban J connectivity index is 1.56. The van der Waals surface area contributed by atoms with Crippen LogP contribution in [0.1, 0.15) is 5.56 Å². The van der Waals surface area contributed by atoms with Crippen LogP contribution in [0.2, 0.25) is 0 Å². The topological polar surface area (TPSA) is 105 Å². The van der Waals surface area contributed by atoms with Crippen LogP contribution >= 0.6 is 0 Å². The molecule has 0 radical (unpaired) electrons. The summed E-state index contributed by atoms with van der Waals surface area (Å²) in [4.78, 5) is 22.5. The third-order valence-electron chi connectivity index (χ3n) is 3.97. The fourth-order valence-electron chi connectivity index (χ4n) is 2.67. The summed E-state index contributed by atoms with van der Waals surface area (Å²) >= 11 is 0. The highest BCUT2D eigenvalue weighted by Crippen LogP contribution is 2.25. The van der Waals surface area contributed by atoms with Crippen molar-refractivity contribution in [1.29, 1.82) is 0 Å². The van der Waals surface area contributed by atoms with E-state index in [1.807, 2.05) is 6.92 Å². The lowest BCUT2D eigenvalue weighted by atomic mass is 10.2. The Kier molecular flexibility index (Phi) is 4.82. The van der Waals surface area contributed by atoms with Crippen molar-refractivity contribution in [2.75, 3.05) is 10.6 Å². The van der Waals surface area contributed by atoms with Crippen LogP contribution in [0.5, 0.6) is 5.75 Å². The third-order valence-corrected chi connectivity index (χ3v) is 3.97. The first kappa shape index (κ1) is 18.4. The van der Waals surface area contributed by atoms with Gasteiger partial charge in [-0.3, -0.25) is 4.98 Å². The first-order chi connectivity index (χ1) is 14.0. The van der Waals surface area contributed by atoms with Gasteiger partial charge in [-0.25, -0.2) is 9.78 Å². The Hall–Kier alpha value is -3.95. The van der Waals surface area contributed by atoms with Crippen LogP contribution in [-0.2, 0) is 0 Å². The minimum absolute atomic E-state index is 0.0258. The molecule has 8 nitrogen and oxygen atoms in total. The number of fused-ring (bicyclic) bond motifs is 1. The maximum atomic E-state index is 12.4. The Morgan fingerprint density at radius 2 is 1.97 bits per heavy atom. The summed E-state index contributed by atoms with van der Waals surface area (Å²) in [6.07, 6.45) is 1.62. The molecule has 0 atom stereocenters. The number of rotatable bonds is 6. The number of hydrogen-bond acceptors (Lipinski definition) is 7. The molecule has 0 saturated heterocycles. The fraction of sp³-hybridized carbons (Fsp3) is 0.105. The molecule has 0 fully saturated rings. The van der Waals surface area contributed by atoms with Crippen molar-refractivity contribution in [1.82, 2.24) is 15.0 Å². The van der Waals surface area contributed by atoms with E-state index in [4.69, 9.17) is 4.42 Å². The second-order valence-electron chi connectivity index (χ2n) is 6.11. The molecule has 0 aliphatic rings. The first-order valence-corrected chi connectivity index (χ1v) is 8.52. The molecular weight excluding hydrogens is 384 g/mol. The number of H-pyrrole nitrogens is 1. The number of ether oxygens (including phenoxy) is 1. The van der Waals surface area contributed by atoms with Gasteiger partial charge < -0.3 is 19.8 Å². The normalized spacial score (nSPS) is 11.0. The summed E-state index contributed by atoms with van der Waals surface area (Å²) in [5.41, 5.74) is 2.98. The Bertz CT molecular complexity index is 1220. The molecule has 2 aromatic carbocycles. The monoisotopic (exact) mass is 399 g/mol. The summed E-state index contributed by atoms with van der Waals surface area (Å²) in [7, 11) is 0. The summed E-state index contributed by atoms with van der Waals surface area (Å²) in [6.45, 7) is -1.07. The van der Waals surface area contributed by atoms with Crippen LogP contribution in [0, 0.1) is 6.92 Å². The Morgan fingerprint density at radius 3 is 2.79 bits per heavy atom. The lowest BCUT2D eigenvalue weighted by molar-refractivity contribution is -0.0498. The smallest absolute Gasteiger partial charge is 0.417 e. The maximum Gasteiger partial charge on any atom is 0.417 e. The van der Waals surface area contributed by atoms with Crippen LogP contribution in [0.4, 0.5) is 31.9 Å². The molecule has 0 bridgehead atoms. The van der Waals surface area contributed by atoms with Crippen molar-refractivity contribution in [3.63, 3.8) is 0 Å². The molecule has 2 heterocycles. The van der Waals surface area contributed by atoms with Crippen LogP contribution in [0.25, 0.3) is 11.1 Å². The Morgan fingerprint density at radius 1 is 1.14 bits per heavy atom. The zero-order chi connectivity index (χ0) is 20.4. The molecule has 0 spiro atoms. The number of aromatic nitrogens is 3. The largest absolute Gasteiger partial charge is 0.435 e. The molecule has 3 N–H and O–H groups in total. The van der Waals surface area contributed by atoms with E-state index >= 15 is 0 Å². The minimum Gasteiger partial charge on any atom is -0.435 e. The quantitative estimate of drug-likeness (QED) is 0.444. The van der Waals surface area contributed by atoms with Crippen LogP contribution in [0.3, 0.4) is 0 Å². The highest BCUT2D eigenvalue weighted by atomic mass is 19.3. The van der Waals surface area contributed by atoms with Crippen LogP contribution in [0.15, 0.2) is 57.9 Å². The number of oxazole rings is 1. The molecule has 0 saturated carbocycles. The van der Waals surface area contributed by atoms with E-state index in [2.05, 4.69) is 30.3 Å². The second-order valence-corrected chi connectivity index (χ2v) is 6.11. The van der Waals surface area contributed by atoms with Gasteiger partial charge in [0, 0.05) is 29.2 Å². The number of aromatic amines is 1. The molecule has 29 heavy (non-hydrogen) atoms. The number of anilines is 4. The number of nitrogens with one attached hydrogen (secondary N) is 3. The molecular formula is C19H15F2N5O3. The van der Waals surface area contributed by atoms with E-state index in [0.717, 1.165) is 5.56 Å². The number of halogens is 2. The van der Waals surface area contributed by atoms with Gasteiger partial charge in [-0.15, -0.1) is 0 Å². The predicted molar refractivity (Wildman–Crippen MR) is 103 cm³/mol. The van der Waals surface area contributed by atoms with Gasteiger partial charge in [-0.05, 0) is 37.3 Å². The van der Waals surface area contributed by atoms with Gasteiger partial charge in [0.25, 0.3) is 0 Å². The highest BCUT2D eigenvalue weighted by Gasteiger charge is 2.09. The van der Waals surface area contributed by atoms with E-state index in [1.165, 1.54) is 12.1 Å². The zero-order valence-electron chi connectivity index (χ0n) is 15.1. The summed E-state index contributed by atoms with van der Waals surface area (Å²) < 4.78 is 34.1. The molecule has 0 aliphatic heterocycles. The number of nitrogens with zero attached hydrogens (tertiary/aromatic N) is 2. The summed E-state index contributed by atoms with van der Waals surface area (Å²) in [5.74, 6) is 0.301. The molecule has 0 amide bonds. The molecule has 148 valence electrons. The number of aryl methyl sites for hydroxylation is 1. The molecule has 4 rings (SSSR count). The predicted octanol–water partition coefficient (Wildman–Crippen LogP) is 4.31. The minimum atomic E-state index is -2.90. The van der Waals surface area contributed by atoms with E-state index < -0.39 is 12.4 Å². The molecule has 10 heteroatoms. The van der Waals surface area contributed by atoms with Crippen molar-refractivity contribution >= 4 is 34.2 Å². The number of alkyl halides is 2. The van der Waals surface area contributed by atoms with Gasteiger partial charge in [-0.2, -0.15) is 13.8 Å². The van der Waals surface area contributed by atoms with Gasteiger partial charge >= 0.3 is 12.4 Å². The van der Waals surface area contributed by atoms with E-state index in [1.54, 1.807) is 36.5 Å². The van der Waals surface area contributed by atoms with E-state index in [9.17, 15) is 13.6 Å². The van der Waals surface area contributed by atoms with Crippen molar-refractivity contribution < 1.29 is 17.9 Å². The average molecular weight is 399 g/mol. The number of hydrogen-bond donors (Lipinski definition) is 3. The van der Waals surface area contributed by atoms with Crippen molar-refractivity contribution in [3.05, 3.63) is 64.8 Å². The lowest BCUT2D eigenvalue weighted by Crippen LogP contribution is -2.04. The molecule has 2 aromatic heterocycles. The Labute approximate surface area is 162 Å². The standard InChI is InChI=1S/C19H15F2N5O3/c1-10-9-22-18(24-11-3-2-4-13(7-11)28-17(20)21)26-16(10)23-12-5-6-15-14(8-12)25-19(27)29-15/h2-9,17H,1H3,(H,25,27)(H2,22,23,24,26). The third kappa shape index (κ3) is 4.32. The second kappa shape index (κ2) is 7.58. The first-order valence-electron chi connectivity index (χ1n) is 8.52. The van der Waals surface area contributed by atoms with E-state index in [-0.39, 0.29) is 11.7 Å². The van der Waals surface area contributed by atoms with Crippen molar-refractivity contribution in [2.45, 2.75) is 13.5 Å². The maximum absolute atomic E-state index is 12.4. The van der Waals surface area contributed by atoms with Gasteiger partial charge in [0.15, 0.2) is 5.58 Å². The number of benzene rings is 2. The van der Waals surface area contributed by atoms with E-state index in [0.29, 0.717) is 28.3 Å². The molecule has 0 unspecified atom stereocenters. The summed E-state index contributed by atoms with van der Waals surface area (Å²) in [6, 6.07) is 11.2. The highest BCUT2D eigenvalue weighted by molar-refractivity contribution is 5.78. The molecule has 0 aliphatic carbocycles. The fourth-order valence-corrected chi connectivity index (χ4v) is 2.67. The van der Waals surface area contributed by atoms with Gasteiger partial charge in [0.2, 0.25) is 5.95 Å². The average Bonchev–Trinajstić information content (AvgIpc) is 3.03.